The normalized spacial score (nSPS) is 16.6. The van der Waals surface area contributed by atoms with Gasteiger partial charge in [-0.25, -0.2) is 9.37 Å². The minimum atomic E-state index is -0.201. The van der Waals surface area contributed by atoms with Crippen LogP contribution in [0.25, 0.3) is 11.4 Å². The van der Waals surface area contributed by atoms with Crippen molar-refractivity contribution in [2.75, 3.05) is 30.0 Å². The molecular weight excluding hydrogens is 393 g/mol. The van der Waals surface area contributed by atoms with Gasteiger partial charge in [0.1, 0.15) is 5.82 Å². The van der Waals surface area contributed by atoms with E-state index in [1.807, 2.05) is 38.1 Å². The van der Waals surface area contributed by atoms with Crippen molar-refractivity contribution in [3.63, 3.8) is 0 Å². The number of anilines is 2. The van der Waals surface area contributed by atoms with Gasteiger partial charge in [0.25, 0.3) is 0 Å². The Labute approximate surface area is 181 Å². The molecule has 0 amide bonds. The molecule has 1 aliphatic heterocycles. The van der Waals surface area contributed by atoms with Crippen molar-refractivity contribution in [1.82, 2.24) is 20.5 Å². The Kier molecular flexibility index (Phi) is 6.47. The van der Waals surface area contributed by atoms with Gasteiger partial charge in [-0.1, -0.05) is 12.1 Å². The van der Waals surface area contributed by atoms with Crippen molar-refractivity contribution in [3.8, 4) is 11.4 Å². The molecule has 7 nitrogen and oxygen atoms in total. The third kappa shape index (κ3) is 5.21. The molecule has 2 heterocycles. The van der Waals surface area contributed by atoms with Crippen molar-refractivity contribution in [2.24, 2.45) is 5.10 Å². The average molecular weight is 420 g/mol. The highest BCUT2D eigenvalue weighted by atomic mass is 19.1. The number of hydrogen-bond donors (Lipinski definition) is 2. The Bertz CT molecular complexity index is 1070. The summed E-state index contributed by atoms with van der Waals surface area (Å²) in [4.78, 5) is 6.98. The number of nitrogens with zero attached hydrogens (tertiary/aromatic N) is 5. The Hall–Kier alpha value is -3.39. The van der Waals surface area contributed by atoms with Crippen molar-refractivity contribution in [2.45, 2.75) is 26.3 Å². The summed E-state index contributed by atoms with van der Waals surface area (Å²) in [6.07, 6.45) is 4.17. The lowest BCUT2D eigenvalue weighted by molar-refractivity contribution is 0.451. The Morgan fingerprint density at radius 3 is 3.00 bits per heavy atom. The van der Waals surface area contributed by atoms with Crippen LogP contribution in [-0.4, -0.2) is 47.1 Å². The van der Waals surface area contributed by atoms with E-state index in [4.69, 9.17) is 4.98 Å². The van der Waals surface area contributed by atoms with Crippen molar-refractivity contribution in [3.05, 3.63) is 65.6 Å². The molecule has 0 spiro atoms. The summed E-state index contributed by atoms with van der Waals surface area (Å²) in [6.45, 7) is 6.30. The molecule has 160 valence electrons. The molecule has 1 unspecified atom stereocenters. The molecule has 1 aliphatic rings. The van der Waals surface area contributed by atoms with Crippen LogP contribution >= 0.6 is 0 Å². The number of aromatic nitrogens is 3. The second kappa shape index (κ2) is 9.61. The number of hydrogen-bond acceptors (Lipinski definition) is 7. The van der Waals surface area contributed by atoms with E-state index < -0.39 is 0 Å². The fraction of sp³-hybridized carbons (Fsp3) is 0.304. The summed E-state index contributed by atoms with van der Waals surface area (Å²) >= 11 is 0. The topological polar surface area (TPSA) is 78.3 Å². The fourth-order valence-electron chi connectivity index (χ4n) is 3.75. The SMILES string of the molecule is C/C=N/Nc1ccc(-c2nncc(N3CCNC(Cc4cccc(F)c4)C3)n2)cc1C. The Morgan fingerprint density at radius 2 is 2.19 bits per heavy atom. The maximum Gasteiger partial charge on any atom is 0.183 e. The molecule has 2 N–H and O–H groups in total. The zero-order chi connectivity index (χ0) is 21.6. The molecule has 0 bridgehead atoms. The van der Waals surface area contributed by atoms with Crippen LogP contribution in [0.4, 0.5) is 15.9 Å². The van der Waals surface area contributed by atoms with E-state index in [0.717, 1.165) is 54.3 Å². The van der Waals surface area contributed by atoms with Gasteiger partial charge in [-0.3, -0.25) is 5.43 Å². The Morgan fingerprint density at radius 1 is 1.29 bits per heavy atom. The predicted octanol–water partition coefficient (Wildman–Crippen LogP) is 3.42. The van der Waals surface area contributed by atoms with Crippen LogP contribution in [0.2, 0.25) is 0 Å². The molecule has 1 fully saturated rings. The number of halogens is 1. The number of benzene rings is 2. The van der Waals surface area contributed by atoms with E-state index in [-0.39, 0.29) is 11.9 Å². The largest absolute Gasteiger partial charge is 0.352 e. The van der Waals surface area contributed by atoms with E-state index in [9.17, 15) is 4.39 Å². The molecule has 0 aliphatic carbocycles. The molecular formula is C23H26FN7. The van der Waals surface area contributed by atoms with Gasteiger partial charge in [-0.2, -0.15) is 10.2 Å². The number of aryl methyl sites for hydroxylation is 1. The van der Waals surface area contributed by atoms with Gasteiger partial charge < -0.3 is 10.2 Å². The van der Waals surface area contributed by atoms with E-state index in [0.29, 0.717) is 5.82 Å². The molecule has 1 aromatic heterocycles. The van der Waals surface area contributed by atoms with Gasteiger partial charge in [0, 0.05) is 37.5 Å². The van der Waals surface area contributed by atoms with Crippen molar-refractivity contribution < 1.29 is 4.39 Å². The van der Waals surface area contributed by atoms with Gasteiger partial charge >= 0.3 is 0 Å². The van der Waals surface area contributed by atoms with Gasteiger partial charge in [0.2, 0.25) is 0 Å². The van der Waals surface area contributed by atoms with Crippen LogP contribution in [0.5, 0.6) is 0 Å². The summed E-state index contributed by atoms with van der Waals surface area (Å²) in [5, 5.41) is 16.0. The minimum absolute atomic E-state index is 0.201. The number of hydrazone groups is 1. The highest BCUT2D eigenvalue weighted by Gasteiger charge is 2.21. The fourth-order valence-corrected chi connectivity index (χ4v) is 3.75. The maximum absolute atomic E-state index is 13.5. The number of rotatable bonds is 6. The van der Waals surface area contributed by atoms with Crippen LogP contribution < -0.4 is 15.6 Å². The number of piperazine rings is 1. The highest BCUT2D eigenvalue weighted by Crippen LogP contribution is 2.24. The molecule has 2 aromatic carbocycles. The summed E-state index contributed by atoms with van der Waals surface area (Å²) in [5.41, 5.74) is 6.89. The zero-order valence-corrected chi connectivity index (χ0v) is 17.7. The summed E-state index contributed by atoms with van der Waals surface area (Å²) in [7, 11) is 0. The molecule has 1 saturated heterocycles. The van der Waals surface area contributed by atoms with Gasteiger partial charge in [0.15, 0.2) is 11.6 Å². The van der Waals surface area contributed by atoms with Crippen LogP contribution in [0.1, 0.15) is 18.1 Å². The first-order chi connectivity index (χ1) is 15.1. The molecule has 31 heavy (non-hydrogen) atoms. The second-order valence-electron chi connectivity index (χ2n) is 7.60. The van der Waals surface area contributed by atoms with Gasteiger partial charge in [-0.05, 0) is 61.7 Å². The van der Waals surface area contributed by atoms with Crippen LogP contribution in [0.15, 0.2) is 53.8 Å². The smallest absolute Gasteiger partial charge is 0.183 e. The molecule has 0 radical (unpaired) electrons. The van der Waals surface area contributed by atoms with E-state index in [1.165, 1.54) is 6.07 Å². The Balaban J connectivity index is 1.49. The highest BCUT2D eigenvalue weighted by molar-refractivity contribution is 5.65. The van der Waals surface area contributed by atoms with E-state index in [1.54, 1.807) is 24.5 Å². The van der Waals surface area contributed by atoms with Crippen LogP contribution in [-0.2, 0) is 6.42 Å². The lowest BCUT2D eigenvalue weighted by Crippen LogP contribution is -2.52. The third-order valence-corrected chi connectivity index (χ3v) is 5.30. The van der Waals surface area contributed by atoms with Crippen LogP contribution in [0.3, 0.4) is 0 Å². The molecule has 4 rings (SSSR count). The first-order valence-corrected chi connectivity index (χ1v) is 10.4. The maximum atomic E-state index is 13.5. The molecule has 8 heteroatoms. The standard InChI is InChI=1S/C23H26FN7/c1-3-26-29-21-8-7-18(11-16(21)2)23-28-22(14-27-30-23)31-10-9-25-20(15-31)13-17-5-4-6-19(24)12-17/h3-8,11-12,14,20,25,29H,9-10,13,15H2,1-2H3/b26-3+. The first kappa shape index (κ1) is 20.9. The zero-order valence-electron chi connectivity index (χ0n) is 17.7. The van der Waals surface area contributed by atoms with E-state index in [2.05, 4.69) is 30.9 Å². The predicted molar refractivity (Wildman–Crippen MR) is 122 cm³/mol. The summed E-state index contributed by atoms with van der Waals surface area (Å²) < 4.78 is 13.5. The first-order valence-electron chi connectivity index (χ1n) is 10.4. The third-order valence-electron chi connectivity index (χ3n) is 5.30. The van der Waals surface area contributed by atoms with Crippen molar-refractivity contribution in [1.29, 1.82) is 0 Å². The van der Waals surface area contributed by atoms with Crippen LogP contribution in [0, 0.1) is 12.7 Å². The van der Waals surface area contributed by atoms with Crippen molar-refractivity contribution >= 4 is 17.7 Å². The lowest BCUT2D eigenvalue weighted by atomic mass is 10.0. The minimum Gasteiger partial charge on any atom is -0.352 e. The quantitative estimate of drug-likeness (QED) is 0.471. The van der Waals surface area contributed by atoms with Gasteiger partial charge in [-0.15, -0.1) is 5.10 Å². The second-order valence-corrected chi connectivity index (χ2v) is 7.60. The molecule has 1 atom stereocenters. The van der Waals surface area contributed by atoms with Gasteiger partial charge in [0.05, 0.1) is 11.9 Å². The average Bonchev–Trinajstić information content (AvgIpc) is 2.78. The monoisotopic (exact) mass is 419 g/mol. The lowest BCUT2D eigenvalue weighted by Gasteiger charge is -2.34. The van der Waals surface area contributed by atoms with E-state index >= 15 is 0 Å². The number of nitrogens with one attached hydrogen (secondary N) is 2. The molecule has 3 aromatic rings. The molecule has 0 saturated carbocycles. The summed E-state index contributed by atoms with van der Waals surface area (Å²) in [5.74, 6) is 1.19. The summed E-state index contributed by atoms with van der Waals surface area (Å²) in [6, 6.07) is 12.9.